The molecule has 0 radical (unpaired) electrons. The van der Waals surface area contributed by atoms with Gasteiger partial charge in [0.15, 0.2) is 6.29 Å². The molecule has 19 heavy (non-hydrogen) atoms. The van der Waals surface area contributed by atoms with Crippen LogP contribution in [0.15, 0.2) is 60.7 Å². The van der Waals surface area contributed by atoms with Gasteiger partial charge in [-0.3, -0.25) is 4.79 Å². The third kappa shape index (κ3) is 1.87. The van der Waals surface area contributed by atoms with Crippen molar-refractivity contribution in [3.63, 3.8) is 0 Å². The Morgan fingerprint density at radius 2 is 1.58 bits per heavy atom. The van der Waals surface area contributed by atoms with Crippen LogP contribution in [-0.4, -0.2) is 6.29 Å². The van der Waals surface area contributed by atoms with Crippen molar-refractivity contribution in [1.29, 1.82) is 0 Å². The summed E-state index contributed by atoms with van der Waals surface area (Å²) in [6.45, 7) is 0. The zero-order valence-electron chi connectivity index (χ0n) is 10.3. The van der Waals surface area contributed by atoms with Gasteiger partial charge in [0.25, 0.3) is 0 Å². The fourth-order valence-corrected chi connectivity index (χ4v) is 2.38. The Morgan fingerprint density at radius 1 is 0.895 bits per heavy atom. The van der Waals surface area contributed by atoms with E-state index in [1.807, 2.05) is 60.7 Å². The molecule has 2 nitrogen and oxygen atoms in total. The Kier molecular flexibility index (Phi) is 2.76. The molecule has 0 amide bonds. The second-order valence-electron chi connectivity index (χ2n) is 4.46. The van der Waals surface area contributed by atoms with Gasteiger partial charge < -0.3 is 5.73 Å². The van der Waals surface area contributed by atoms with Crippen molar-refractivity contribution in [1.82, 2.24) is 0 Å². The summed E-state index contributed by atoms with van der Waals surface area (Å²) in [5.74, 6) is 0. The topological polar surface area (TPSA) is 43.1 Å². The molecule has 3 aromatic carbocycles. The number of hydrogen-bond acceptors (Lipinski definition) is 2. The molecule has 3 rings (SSSR count). The lowest BCUT2D eigenvalue weighted by Crippen LogP contribution is -1.97. The molecule has 0 aliphatic rings. The highest BCUT2D eigenvalue weighted by Gasteiger charge is 2.11. The van der Waals surface area contributed by atoms with Crippen molar-refractivity contribution in [2.75, 3.05) is 5.73 Å². The third-order valence-corrected chi connectivity index (χ3v) is 3.33. The first-order valence-corrected chi connectivity index (χ1v) is 6.13. The van der Waals surface area contributed by atoms with E-state index in [4.69, 9.17) is 5.73 Å². The summed E-state index contributed by atoms with van der Waals surface area (Å²) < 4.78 is 0. The second-order valence-corrected chi connectivity index (χ2v) is 4.46. The minimum Gasteiger partial charge on any atom is -0.398 e. The number of hydrogen-bond donors (Lipinski definition) is 1. The minimum atomic E-state index is 0.548. The number of nitrogen functional groups attached to an aromatic ring is 1. The van der Waals surface area contributed by atoms with E-state index in [9.17, 15) is 4.79 Å². The van der Waals surface area contributed by atoms with E-state index in [0.29, 0.717) is 11.3 Å². The number of rotatable bonds is 2. The van der Waals surface area contributed by atoms with Crippen LogP contribution in [0.25, 0.3) is 21.9 Å². The van der Waals surface area contributed by atoms with Crippen LogP contribution in [0.3, 0.4) is 0 Å². The summed E-state index contributed by atoms with van der Waals surface area (Å²) in [5, 5.41) is 1.97. The quantitative estimate of drug-likeness (QED) is 0.551. The molecule has 92 valence electrons. The number of fused-ring (bicyclic) bond motifs is 1. The predicted octanol–water partition coefficient (Wildman–Crippen LogP) is 3.90. The maximum absolute atomic E-state index is 11.4. The van der Waals surface area contributed by atoms with Gasteiger partial charge >= 0.3 is 0 Å². The van der Waals surface area contributed by atoms with E-state index < -0.39 is 0 Å². The first-order chi connectivity index (χ1) is 9.31. The monoisotopic (exact) mass is 247 g/mol. The number of anilines is 1. The lowest BCUT2D eigenvalue weighted by atomic mass is 9.94. The normalized spacial score (nSPS) is 10.5. The van der Waals surface area contributed by atoms with Crippen LogP contribution < -0.4 is 5.73 Å². The molecule has 0 aliphatic carbocycles. The maximum Gasteiger partial charge on any atom is 0.152 e. The van der Waals surface area contributed by atoms with Gasteiger partial charge in [-0.1, -0.05) is 54.6 Å². The Hall–Kier alpha value is -2.61. The SMILES string of the molecule is Nc1c(C=O)c(-c2ccccc2)cc2ccccc12. The molecule has 0 aromatic heterocycles. The van der Waals surface area contributed by atoms with Crippen molar-refractivity contribution < 1.29 is 4.79 Å². The average Bonchev–Trinajstić information content (AvgIpc) is 2.48. The van der Waals surface area contributed by atoms with Crippen LogP contribution in [0.1, 0.15) is 10.4 Å². The molecule has 2 N–H and O–H groups in total. The van der Waals surface area contributed by atoms with E-state index in [1.165, 1.54) is 0 Å². The van der Waals surface area contributed by atoms with Crippen molar-refractivity contribution in [3.05, 3.63) is 66.2 Å². The third-order valence-electron chi connectivity index (χ3n) is 3.33. The summed E-state index contributed by atoms with van der Waals surface area (Å²) in [6.07, 6.45) is 0.837. The van der Waals surface area contributed by atoms with Crippen LogP contribution in [0.4, 0.5) is 5.69 Å². The molecule has 0 spiro atoms. The number of aldehydes is 1. The van der Waals surface area contributed by atoms with E-state index in [1.54, 1.807) is 0 Å². The van der Waals surface area contributed by atoms with Gasteiger partial charge in [0.05, 0.1) is 5.69 Å². The van der Waals surface area contributed by atoms with Crippen LogP contribution >= 0.6 is 0 Å². The number of benzene rings is 3. The molecule has 0 aliphatic heterocycles. The fraction of sp³-hybridized carbons (Fsp3) is 0. The summed E-state index contributed by atoms with van der Waals surface area (Å²) in [7, 11) is 0. The van der Waals surface area contributed by atoms with Gasteiger partial charge in [-0.15, -0.1) is 0 Å². The van der Waals surface area contributed by atoms with Crippen molar-refractivity contribution >= 4 is 22.7 Å². The van der Waals surface area contributed by atoms with Crippen molar-refractivity contribution in [2.24, 2.45) is 0 Å². The van der Waals surface area contributed by atoms with Crippen molar-refractivity contribution in [3.8, 4) is 11.1 Å². The van der Waals surface area contributed by atoms with E-state index in [0.717, 1.165) is 28.2 Å². The lowest BCUT2D eigenvalue weighted by molar-refractivity contribution is 0.112. The molecular weight excluding hydrogens is 234 g/mol. The smallest absolute Gasteiger partial charge is 0.152 e. The minimum absolute atomic E-state index is 0.548. The van der Waals surface area contributed by atoms with Gasteiger partial charge in [0.1, 0.15) is 0 Å². The first-order valence-electron chi connectivity index (χ1n) is 6.13. The molecule has 0 atom stereocenters. The maximum atomic E-state index is 11.4. The summed E-state index contributed by atoms with van der Waals surface area (Å²) in [4.78, 5) is 11.4. The Labute approximate surface area is 111 Å². The summed E-state index contributed by atoms with van der Waals surface area (Å²) in [6, 6.07) is 19.7. The zero-order valence-corrected chi connectivity index (χ0v) is 10.3. The highest BCUT2D eigenvalue weighted by Crippen LogP contribution is 2.33. The van der Waals surface area contributed by atoms with Crippen LogP contribution in [0, 0.1) is 0 Å². The average molecular weight is 247 g/mol. The van der Waals surface area contributed by atoms with E-state index >= 15 is 0 Å². The number of carbonyl (C=O) groups is 1. The van der Waals surface area contributed by atoms with E-state index in [-0.39, 0.29) is 0 Å². The lowest BCUT2D eigenvalue weighted by Gasteiger charge is -2.11. The highest BCUT2D eigenvalue weighted by molar-refractivity contribution is 6.07. The summed E-state index contributed by atoms with van der Waals surface area (Å²) in [5.41, 5.74) is 9.13. The molecule has 0 bridgehead atoms. The van der Waals surface area contributed by atoms with Gasteiger partial charge in [0, 0.05) is 10.9 Å². The van der Waals surface area contributed by atoms with Crippen LogP contribution in [0.5, 0.6) is 0 Å². The number of carbonyl (C=O) groups excluding carboxylic acids is 1. The zero-order chi connectivity index (χ0) is 13.2. The van der Waals surface area contributed by atoms with Crippen LogP contribution in [-0.2, 0) is 0 Å². The van der Waals surface area contributed by atoms with Gasteiger partial charge in [-0.2, -0.15) is 0 Å². The Balaban J connectivity index is 2.39. The highest BCUT2D eigenvalue weighted by atomic mass is 16.1. The molecule has 0 fully saturated rings. The molecule has 0 unspecified atom stereocenters. The molecule has 0 saturated carbocycles. The van der Waals surface area contributed by atoms with Crippen molar-refractivity contribution in [2.45, 2.75) is 0 Å². The standard InChI is InChI=1S/C17H13NO/c18-17-14-9-5-4-8-13(14)10-15(16(17)11-19)12-6-2-1-3-7-12/h1-11H,18H2. The molecular formula is C17H13NO. The molecule has 0 saturated heterocycles. The Bertz CT molecular complexity index is 748. The van der Waals surface area contributed by atoms with Gasteiger partial charge in [-0.05, 0) is 22.6 Å². The second kappa shape index (κ2) is 4.58. The summed E-state index contributed by atoms with van der Waals surface area (Å²) >= 11 is 0. The number of nitrogens with two attached hydrogens (primary N) is 1. The Morgan fingerprint density at radius 3 is 2.32 bits per heavy atom. The molecule has 0 heterocycles. The first kappa shape index (κ1) is 11.5. The predicted molar refractivity (Wildman–Crippen MR) is 79.2 cm³/mol. The fourth-order valence-electron chi connectivity index (χ4n) is 2.38. The van der Waals surface area contributed by atoms with E-state index in [2.05, 4.69) is 0 Å². The van der Waals surface area contributed by atoms with Gasteiger partial charge in [-0.25, -0.2) is 0 Å². The van der Waals surface area contributed by atoms with Gasteiger partial charge in [0.2, 0.25) is 0 Å². The molecule has 3 aromatic rings. The van der Waals surface area contributed by atoms with Crippen LogP contribution in [0.2, 0.25) is 0 Å². The molecule has 2 heteroatoms. The largest absolute Gasteiger partial charge is 0.398 e.